The quantitative estimate of drug-likeness (QED) is 0.752. The molecule has 0 fully saturated rings. The van der Waals surface area contributed by atoms with Gasteiger partial charge < -0.3 is 10.3 Å². The van der Waals surface area contributed by atoms with Gasteiger partial charge in [0.25, 0.3) is 0 Å². The minimum absolute atomic E-state index is 0.256. The molecule has 0 spiro atoms. The summed E-state index contributed by atoms with van der Waals surface area (Å²) < 4.78 is 0. The molecule has 0 aliphatic heterocycles. The molecule has 1 unspecified atom stereocenters. The molecule has 2 heterocycles. The van der Waals surface area contributed by atoms with Crippen molar-refractivity contribution in [3.05, 3.63) is 59.8 Å². The van der Waals surface area contributed by atoms with Crippen molar-refractivity contribution in [3.63, 3.8) is 0 Å². The van der Waals surface area contributed by atoms with Crippen LogP contribution in [0.5, 0.6) is 0 Å². The molecule has 0 aliphatic rings. The zero-order valence-corrected chi connectivity index (χ0v) is 12.4. The number of aromatic nitrogens is 3. The Labute approximate surface area is 124 Å². The number of rotatable bonds is 5. The largest absolute Gasteiger partial charge is 0.347 e. The maximum absolute atomic E-state index is 4.53. The van der Waals surface area contributed by atoms with Crippen LogP contribution in [0.3, 0.4) is 0 Å². The zero-order chi connectivity index (χ0) is 14.7. The number of imidazole rings is 1. The van der Waals surface area contributed by atoms with Crippen molar-refractivity contribution in [2.75, 3.05) is 0 Å². The summed E-state index contributed by atoms with van der Waals surface area (Å²) in [6, 6.07) is 10.9. The molecule has 4 heteroatoms. The molecule has 1 aromatic carbocycles. The molecule has 0 amide bonds. The molecule has 0 aliphatic carbocycles. The summed E-state index contributed by atoms with van der Waals surface area (Å²) in [5.41, 5.74) is 3.37. The zero-order valence-electron chi connectivity index (χ0n) is 12.4. The molecular formula is C17H20N4. The highest BCUT2D eigenvalue weighted by molar-refractivity contribution is 5.79. The second-order valence-electron chi connectivity index (χ2n) is 5.30. The minimum atomic E-state index is 0.256. The van der Waals surface area contributed by atoms with Crippen LogP contribution in [0.1, 0.15) is 36.5 Å². The molecule has 3 aromatic rings. The molecule has 3 rings (SSSR count). The average molecular weight is 280 g/mol. The number of fused-ring (bicyclic) bond motifs is 1. The summed E-state index contributed by atoms with van der Waals surface area (Å²) in [6.45, 7) is 5.00. The number of aryl methyl sites for hydroxylation is 1. The lowest BCUT2D eigenvalue weighted by Crippen LogP contribution is -2.21. The van der Waals surface area contributed by atoms with Gasteiger partial charge in [-0.3, -0.25) is 4.98 Å². The fraction of sp³-hybridized carbons (Fsp3) is 0.294. The van der Waals surface area contributed by atoms with Crippen molar-refractivity contribution in [1.82, 2.24) is 20.3 Å². The van der Waals surface area contributed by atoms with Gasteiger partial charge in [0, 0.05) is 30.0 Å². The third-order valence-electron chi connectivity index (χ3n) is 3.70. The number of H-pyrrole nitrogens is 1. The van der Waals surface area contributed by atoms with Crippen LogP contribution in [-0.2, 0) is 6.54 Å². The Morgan fingerprint density at radius 3 is 2.90 bits per heavy atom. The Hall–Kier alpha value is -2.20. The summed E-state index contributed by atoms with van der Waals surface area (Å²) in [5.74, 6) is 0.996. The van der Waals surface area contributed by atoms with E-state index in [1.54, 1.807) is 6.20 Å². The van der Waals surface area contributed by atoms with Gasteiger partial charge in [-0.15, -0.1) is 0 Å². The Kier molecular flexibility index (Phi) is 3.97. The van der Waals surface area contributed by atoms with E-state index in [1.807, 2.05) is 13.1 Å². The Morgan fingerprint density at radius 2 is 2.14 bits per heavy atom. The van der Waals surface area contributed by atoms with Crippen molar-refractivity contribution in [1.29, 1.82) is 0 Å². The van der Waals surface area contributed by atoms with Gasteiger partial charge in [-0.2, -0.15) is 0 Å². The van der Waals surface area contributed by atoms with Gasteiger partial charge in [0.15, 0.2) is 0 Å². The summed E-state index contributed by atoms with van der Waals surface area (Å²) >= 11 is 0. The lowest BCUT2D eigenvalue weighted by molar-refractivity contribution is 0.498. The maximum atomic E-state index is 4.53. The van der Waals surface area contributed by atoms with Crippen molar-refractivity contribution in [3.8, 4) is 0 Å². The predicted octanol–water partition coefficient (Wildman–Crippen LogP) is 3.51. The van der Waals surface area contributed by atoms with Gasteiger partial charge in [-0.25, -0.2) is 4.98 Å². The van der Waals surface area contributed by atoms with Crippen molar-refractivity contribution in [2.45, 2.75) is 32.9 Å². The predicted molar refractivity (Wildman–Crippen MR) is 84.9 cm³/mol. The number of hydrogen-bond donors (Lipinski definition) is 2. The van der Waals surface area contributed by atoms with E-state index in [-0.39, 0.29) is 6.04 Å². The van der Waals surface area contributed by atoms with Gasteiger partial charge in [0.2, 0.25) is 0 Å². The molecule has 21 heavy (non-hydrogen) atoms. The normalized spacial score (nSPS) is 12.7. The molecule has 0 saturated carbocycles. The number of nitrogens with zero attached hydrogens (tertiary/aromatic N) is 2. The smallest absolute Gasteiger partial charge is 0.123 e. The number of nitrogens with one attached hydrogen (secondary N) is 2. The van der Waals surface area contributed by atoms with E-state index in [1.165, 1.54) is 10.9 Å². The van der Waals surface area contributed by atoms with Crippen molar-refractivity contribution >= 4 is 10.9 Å². The summed E-state index contributed by atoms with van der Waals surface area (Å²) in [4.78, 5) is 12.0. The third-order valence-corrected chi connectivity index (χ3v) is 3.70. The van der Waals surface area contributed by atoms with E-state index >= 15 is 0 Å². The van der Waals surface area contributed by atoms with Crippen LogP contribution in [0.25, 0.3) is 10.9 Å². The van der Waals surface area contributed by atoms with Crippen LogP contribution < -0.4 is 5.32 Å². The molecule has 0 radical (unpaired) electrons. The molecule has 0 bridgehead atoms. The summed E-state index contributed by atoms with van der Waals surface area (Å²) in [6.07, 6.45) is 4.66. The highest BCUT2D eigenvalue weighted by Crippen LogP contribution is 2.17. The van der Waals surface area contributed by atoms with Crippen LogP contribution in [0, 0.1) is 6.92 Å². The number of benzene rings is 1. The van der Waals surface area contributed by atoms with Gasteiger partial charge in [-0.1, -0.05) is 19.1 Å². The van der Waals surface area contributed by atoms with E-state index < -0.39 is 0 Å². The van der Waals surface area contributed by atoms with E-state index in [9.17, 15) is 0 Å². The first-order valence-electron chi connectivity index (χ1n) is 7.35. The first kappa shape index (κ1) is 13.8. The van der Waals surface area contributed by atoms with Crippen LogP contribution in [0.15, 0.2) is 42.7 Å². The standard InChI is InChI=1S/C17H20N4/c1-3-15(17-18-8-9-19-17)20-11-13-5-7-16-14(10-13)6-4-12(2)21-16/h4-10,15,20H,3,11H2,1-2H3,(H,18,19). The first-order valence-corrected chi connectivity index (χ1v) is 7.35. The second kappa shape index (κ2) is 6.06. The Balaban J connectivity index is 1.74. The lowest BCUT2D eigenvalue weighted by atomic mass is 10.1. The molecular weight excluding hydrogens is 260 g/mol. The molecule has 2 N–H and O–H groups in total. The first-order chi connectivity index (χ1) is 10.3. The van der Waals surface area contributed by atoms with Gasteiger partial charge in [0.1, 0.15) is 5.82 Å². The van der Waals surface area contributed by atoms with Crippen molar-refractivity contribution in [2.24, 2.45) is 0 Å². The van der Waals surface area contributed by atoms with Crippen LogP contribution in [0.4, 0.5) is 0 Å². The topological polar surface area (TPSA) is 53.6 Å². The highest BCUT2D eigenvalue weighted by Gasteiger charge is 2.10. The molecule has 108 valence electrons. The van der Waals surface area contributed by atoms with Crippen LogP contribution in [-0.4, -0.2) is 15.0 Å². The van der Waals surface area contributed by atoms with E-state index in [2.05, 4.69) is 57.5 Å². The number of aromatic amines is 1. The number of pyridine rings is 1. The summed E-state index contributed by atoms with van der Waals surface area (Å²) in [7, 11) is 0. The molecule has 2 aromatic heterocycles. The average Bonchev–Trinajstić information content (AvgIpc) is 3.02. The SMILES string of the molecule is CCC(NCc1ccc2nc(C)ccc2c1)c1ncc[nH]1. The molecule has 1 atom stereocenters. The van der Waals surface area contributed by atoms with Gasteiger partial charge in [0.05, 0.1) is 11.6 Å². The Bertz CT molecular complexity index is 719. The fourth-order valence-corrected chi connectivity index (χ4v) is 2.53. The lowest BCUT2D eigenvalue weighted by Gasteiger charge is -2.15. The summed E-state index contributed by atoms with van der Waals surface area (Å²) in [5, 5.41) is 4.74. The minimum Gasteiger partial charge on any atom is -0.347 e. The monoisotopic (exact) mass is 280 g/mol. The fourth-order valence-electron chi connectivity index (χ4n) is 2.53. The molecule has 0 saturated heterocycles. The second-order valence-corrected chi connectivity index (χ2v) is 5.30. The third kappa shape index (κ3) is 3.11. The van der Waals surface area contributed by atoms with Crippen molar-refractivity contribution < 1.29 is 0 Å². The Morgan fingerprint density at radius 1 is 1.24 bits per heavy atom. The van der Waals surface area contributed by atoms with E-state index in [4.69, 9.17) is 0 Å². The maximum Gasteiger partial charge on any atom is 0.123 e. The van der Waals surface area contributed by atoms with Gasteiger partial charge >= 0.3 is 0 Å². The number of hydrogen-bond acceptors (Lipinski definition) is 3. The van der Waals surface area contributed by atoms with Gasteiger partial charge in [-0.05, 0) is 37.1 Å². The van der Waals surface area contributed by atoms with Crippen LogP contribution >= 0.6 is 0 Å². The highest BCUT2D eigenvalue weighted by atomic mass is 15.0. The van der Waals surface area contributed by atoms with E-state index in [0.717, 1.165) is 30.0 Å². The van der Waals surface area contributed by atoms with Crippen LogP contribution in [0.2, 0.25) is 0 Å². The molecule has 4 nitrogen and oxygen atoms in total. The van der Waals surface area contributed by atoms with E-state index in [0.29, 0.717) is 0 Å².